The average Bonchev–Trinajstić information content (AvgIpc) is 2.56. The van der Waals surface area contributed by atoms with Crippen LogP contribution in [0.1, 0.15) is 43.2 Å². The van der Waals surface area contributed by atoms with E-state index in [2.05, 4.69) is 12.2 Å². The molecule has 0 aliphatic heterocycles. The Labute approximate surface area is 133 Å². The molecule has 122 valence electrons. The van der Waals surface area contributed by atoms with Crippen LogP contribution in [0.4, 0.5) is 0 Å². The summed E-state index contributed by atoms with van der Waals surface area (Å²) in [5.41, 5.74) is 2.34. The van der Waals surface area contributed by atoms with Crippen molar-refractivity contribution in [3.63, 3.8) is 0 Å². The van der Waals surface area contributed by atoms with Gasteiger partial charge >= 0.3 is 0 Å². The molecular weight excluding hydrogens is 278 g/mol. The molecule has 0 bridgehead atoms. The number of carbonyl (C=O) groups excluding carboxylic acids is 1. The Morgan fingerprint density at radius 2 is 1.77 bits per heavy atom. The molecule has 0 spiro atoms. The normalized spacial score (nSPS) is 15.4. The Hall–Kier alpha value is -1.71. The van der Waals surface area contributed by atoms with Gasteiger partial charge in [0.2, 0.25) is 5.91 Å². The molecule has 1 saturated carbocycles. The van der Waals surface area contributed by atoms with Crippen LogP contribution in [-0.2, 0) is 11.2 Å². The summed E-state index contributed by atoms with van der Waals surface area (Å²) in [4.78, 5) is 12.1. The Kier molecular flexibility index (Phi) is 6.10. The van der Waals surface area contributed by atoms with E-state index in [0.717, 1.165) is 36.3 Å². The van der Waals surface area contributed by atoms with E-state index in [4.69, 9.17) is 9.47 Å². The molecule has 0 atom stereocenters. The highest BCUT2D eigenvalue weighted by Gasteiger charge is 2.20. The van der Waals surface area contributed by atoms with Crippen molar-refractivity contribution in [2.45, 2.75) is 45.4 Å². The summed E-state index contributed by atoms with van der Waals surface area (Å²) in [6.07, 6.45) is 6.54. The van der Waals surface area contributed by atoms with Gasteiger partial charge in [-0.15, -0.1) is 0 Å². The van der Waals surface area contributed by atoms with Crippen molar-refractivity contribution >= 4 is 5.91 Å². The van der Waals surface area contributed by atoms with Crippen LogP contribution in [0.3, 0.4) is 0 Å². The summed E-state index contributed by atoms with van der Waals surface area (Å²) in [6, 6.07) is 3.98. The number of hydrogen-bond acceptors (Lipinski definition) is 3. The van der Waals surface area contributed by atoms with Gasteiger partial charge in [0, 0.05) is 12.5 Å². The molecule has 4 heteroatoms. The van der Waals surface area contributed by atoms with Gasteiger partial charge in [0.05, 0.1) is 14.2 Å². The molecule has 22 heavy (non-hydrogen) atoms. The Balaban J connectivity index is 1.89. The zero-order valence-electron chi connectivity index (χ0n) is 13.9. The van der Waals surface area contributed by atoms with E-state index in [9.17, 15) is 4.79 Å². The van der Waals surface area contributed by atoms with E-state index in [-0.39, 0.29) is 11.8 Å². The zero-order valence-corrected chi connectivity index (χ0v) is 13.9. The van der Waals surface area contributed by atoms with Gasteiger partial charge in [0.15, 0.2) is 11.5 Å². The van der Waals surface area contributed by atoms with Gasteiger partial charge in [-0.2, -0.15) is 0 Å². The van der Waals surface area contributed by atoms with Gasteiger partial charge in [0.1, 0.15) is 0 Å². The number of carbonyl (C=O) groups is 1. The fraction of sp³-hybridized carbons (Fsp3) is 0.611. The molecular formula is C18H27NO3. The molecule has 0 radical (unpaired) electrons. The summed E-state index contributed by atoms with van der Waals surface area (Å²) in [6.45, 7) is 2.73. The third kappa shape index (κ3) is 4.15. The van der Waals surface area contributed by atoms with E-state index in [1.807, 2.05) is 12.1 Å². The molecule has 0 unspecified atom stereocenters. The first kappa shape index (κ1) is 16.7. The van der Waals surface area contributed by atoms with Crippen LogP contribution in [-0.4, -0.2) is 26.7 Å². The molecule has 1 aliphatic carbocycles. The summed E-state index contributed by atoms with van der Waals surface area (Å²) in [5, 5.41) is 3.08. The van der Waals surface area contributed by atoms with Crippen molar-refractivity contribution < 1.29 is 14.3 Å². The maximum absolute atomic E-state index is 12.1. The summed E-state index contributed by atoms with van der Waals surface area (Å²) in [7, 11) is 3.28. The number of methoxy groups -OCH3 is 2. The van der Waals surface area contributed by atoms with Crippen LogP contribution >= 0.6 is 0 Å². The smallest absolute Gasteiger partial charge is 0.223 e. The van der Waals surface area contributed by atoms with Crippen molar-refractivity contribution in [1.82, 2.24) is 5.32 Å². The lowest BCUT2D eigenvalue weighted by Crippen LogP contribution is -2.33. The largest absolute Gasteiger partial charge is 0.493 e. The van der Waals surface area contributed by atoms with Gasteiger partial charge in [-0.3, -0.25) is 4.79 Å². The molecule has 1 amide bonds. The molecule has 0 saturated heterocycles. The number of nitrogens with one attached hydrogen (secondary N) is 1. The van der Waals surface area contributed by atoms with Gasteiger partial charge in [-0.05, 0) is 49.4 Å². The fourth-order valence-corrected chi connectivity index (χ4v) is 3.12. The van der Waals surface area contributed by atoms with Crippen LogP contribution in [0.5, 0.6) is 11.5 Å². The summed E-state index contributed by atoms with van der Waals surface area (Å²) >= 11 is 0. The minimum Gasteiger partial charge on any atom is -0.493 e. The van der Waals surface area contributed by atoms with Gasteiger partial charge < -0.3 is 14.8 Å². The SMILES string of the molecule is COc1cc(C)c(CCNC(=O)C2CCCCC2)cc1OC. The van der Waals surface area contributed by atoms with Crippen LogP contribution < -0.4 is 14.8 Å². The third-order valence-electron chi connectivity index (χ3n) is 4.51. The zero-order chi connectivity index (χ0) is 15.9. The monoisotopic (exact) mass is 305 g/mol. The summed E-state index contributed by atoms with van der Waals surface area (Å²) in [5.74, 6) is 1.93. The Bertz CT molecular complexity index is 507. The predicted molar refractivity (Wildman–Crippen MR) is 87.6 cm³/mol. The van der Waals surface area contributed by atoms with Crippen molar-refractivity contribution in [3.05, 3.63) is 23.3 Å². The highest BCUT2D eigenvalue weighted by molar-refractivity contribution is 5.78. The second kappa shape index (κ2) is 8.06. The molecule has 1 N–H and O–H groups in total. The first-order valence-electron chi connectivity index (χ1n) is 8.15. The van der Waals surface area contributed by atoms with Crippen molar-refractivity contribution in [1.29, 1.82) is 0 Å². The van der Waals surface area contributed by atoms with E-state index in [1.165, 1.54) is 24.8 Å². The fourth-order valence-electron chi connectivity index (χ4n) is 3.12. The van der Waals surface area contributed by atoms with Gasteiger partial charge in [-0.25, -0.2) is 0 Å². The average molecular weight is 305 g/mol. The standard InChI is InChI=1S/C18H27NO3/c1-13-11-16(21-2)17(22-3)12-15(13)9-10-19-18(20)14-7-5-4-6-8-14/h11-12,14H,4-10H2,1-3H3,(H,19,20). The topological polar surface area (TPSA) is 47.6 Å². The number of benzene rings is 1. The second-order valence-corrected chi connectivity index (χ2v) is 6.01. The van der Waals surface area contributed by atoms with Crippen molar-refractivity contribution in [2.75, 3.05) is 20.8 Å². The van der Waals surface area contributed by atoms with Crippen molar-refractivity contribution in [2.24, 2.45) is 5.92 Å². The number of ether oxygens (including phenoxy) is 2. The third-order valence-corrected chi connectivity index (χ3v) is 4.51. The molecule has 1 fully saturated rings. The molecule has 1 aromatic rings. The van der Waals surface area contributed by atoms with Crippen LogP contribution in [0.15, 0.2) is 12.1 Å². The van der Waals surface area contributed by atoms with Crippen LogP contribution in [0, 0.1) is 12.8 Å². The maximum atomic E-state index is 12.1. The second-order valence-electron chi connectivity index (χ2n) is 6.01. The van der Waals surface area contributed by atoms with E-state index in [1.54, 1.807) is 14.2 Å². The first-order chi connectivity index (χ1) is 10.7. The molecule has 0 aromatic heterocycles. The van der Waals surface area contributed by atoms with E-state index < -0.39 is 0 Å². The maximum Gasteiger partial charge on any atom is 0.223 e. The van der Waals surface area contributed by atoms with E-state index in [0.29, 0.717) is 6.54 Å². The molecule has 1 aromatic carbocycles. The Morgan fingerprint density at radius 3 is 2.41 bits per heavy atom. The lowest BCUT2D eigenvalue weighted by molar-refractivity contribution is -0.125. The molecule has 4 nitrogen and oxygen atoms in total. The first-order valence-corrected chi connectivity index (χ1v) is 8.15. The number of hydrogen-bond donors (Lipinski definition) is 1. The highest BCUT2D eigenvalue weighted by atomic mass is 16.5. The van der Waals surface area contributed by atoms with Gasteiger partial charge in [0.25, 0.3) is 0 Å². The molecule has 2 rings (SSSR count). The van der Waals surface area contributed by atoms with E-state index >= 15 is 0 Å². The lowest BCUT2D eigenvalue weighted by atomic mass is 9.88. The predicted octanol–water partition coefficient (Wildman–Crippen LogP) is 3.25. The number of amides is 1. The number of aryl methyl sites for hydroxylation is 1. The quantitative estimate of drug-likeness (QED) is 0.877. The lowest BCUT2D eigenvalue weighted by Gasteiger charge is -2.21. The van der Waals surface area contributed by atoms with Crippen molar-refractivity contribution in [3.8, 4) is 11.5 Å². The molecule has 1 aliphatic rings. The molecule has 0 heterocycles. The Morgan fingerprint density at radius 1 is 1.14 bits per heavy atom. The highest BCUT2D eigenvalue weighted by Crippen LogP contribution is 2.30. The van der Waals surface area contributed by atoms with Gasteiger partial charge in [-0.1, -0.05) is 19.3 Å². The minimum absolute atomic E-state index is 0.220. The van der Waals surface area contributed by atoms with Crippen LogP contribution in [0.2, 0.25) is 0 Å². The minimum atomic E-state index is 0.220. The number of rotatable bonds is 6. The summed E-state index contributed by atoms with van der Waals surface area (Å²) < 4.78 is 10.6. The van der Waals surface area contributed by atoms with Crippen LogP contribution in [0.25, 0.3) is 0 Å².